The van der Waals surface area contributed by atoms with Gasteiger partial charge in [0.1, 0.15) is 0 Å². The van der Waals surface area contributed by atoms with Gasteiger partial charge in [-0.25, -0.2) is 9.34 Å². The number of nitrogens with zero attached hydrogens (tertiary/aromatic N) is 2. The topological polar surface area (TPSA) is 15.7 Å². The van der Waals surface area contributed by atoms with Crippen LogP contribution < -0.4 is 0 Å². The van der Waals surface area contributed by atoms with Crippen molar-refractivity contribution in [1.29, 1.82) is 0 Å². The van der Waals surface area contributed by atoms with E-state index >= 15 is 0 Å². The van der Waals surface area contributed by atoms with E-state index in [0.29, 0.717) is 0 Å². The smallest absolute Gasteiger partial charge is 0.247 e. The zero-order chi connectivity index (χ0) is 13.4. The molecule has 1 rings (SSSR count). The molecule has 0 radical (unpaired) electrons. The summed E-state index contributed by atoms with van der Waals surface area (Å²) in [5.74, 6) is 1.23. The number of hydrogen-bond donors (Lipinski definition) is 0. The first kappa shape index (κ1) is 15.9. The molecule has 0 aliphatic heterocycles. The van der Waals surface area contributed by atoms with E-state index in [4.69, 9.17) is 4.52 Å². The summed E-state index contributed by atoms with van der Waals surface area (Å²) in [5, 5.41) is 0. The largest absolute Gasteiger partial charge is 0.449 e. The first-order valence-electron chi connectivity index (χ1n) is 7.43. The van der Waals surface area contributed by atoms with Gasteiger partial charge in [0.25, 0.3) is 0 Å². The Morgan fingerprint density at radius 3 is 1.94 bits per heavy atom. The molecule has 1 aliphatic rings. The molecule has 1 aliphatic carbocycles. The van der Waals surface area contributed by atoms with Crippen LogP contribution in [-0.2, 0) is 4.52 Å². The normalized spacial score (nSPS) is 16.5. The lowest BCUT2D eigenvalue weighted by atomic mass is 10.1. The third-order valence-corrected chi connectivity index (χ3v) is 5.89. The molecule has 18 heavy (non-hydrogen) atoms. The molecular weight excluding hydrogens is 243 g/mol. The standard InChI is InChI=1S/C14H29N2OP/c1-5-15(6-2)18(16(7-3)8-4)17-14-12-10-9-11-13-14/h12H,5-11,13H2,1-4H3. The molecule has 4 heteroatoms. The first-order valence-corrected chi connectivity index (χ1v) is 8.60. The average Bonchev–Trinajstić information content (AvgIpc) is 2.42. The Hall–Kier alpha value is -0.110. The molecule has 0 atom stereocenters. The first-order chi connectivity index (χ1) is 8.76. The Balaban J connectivity index is 2.72. The van der Waals surface area contributed by atoms with Crippen molar-refractivity contribution in [1.82, 2.24) is 9.34 Å². The molecule has 0 fully saturated rings. The fourth-order valence-corrected chi connectivity index (χ4v) is 4.15. The van der Waals surface area contributed by atoms with E-state index in [1.54, 1.807) is 0 Å². The van der Waals surface area contributed by atoms with Crippen LogP contribution in [0.1, 0.15) is 53.4 Å². The molecule has 0 N–H and O–H groups in total. The minimum absolute atomic E-state index is 0.612. The third kappa shape index (κ3) is 4.53. The fourth-order valence-electron chi connectivity index (χ4n) is 2.22. The van der Waals surface area contributed by atoms with Crippen LogP contribution in [0.4, 0.5) is 0 Å². The van der Waals surface area contributed by atoms with Gasteiger partial charge in [-0.1, -0.05) is 27.7 Å². The molecule has 106 valence electrons. The van der Waals surface area contributed by atoms with Crippen LogP contribution in [0.15, 0.2) is 11.8 Å². The van der Waals surface area contributed by atoms with Gasteiger partial charge >= 0.3 is 0 Å². The summed E-state index contributed by atoms with van der Waals surface area (Å²) in [7, 11) is -0.612. The van der Waals surface area contributed by atoms with Crippen LogP contribution in [0.5, 0.6) is 0 Å². The highest BCUT2D eigenvalue weighted by atomic mass is 31.2. The van der Waals surface area contributed by atoms with Gasteiger partial charge < -0.3 is 4.52 Å². The van der Waals surface area contributed by atoms with Crippen LogP contribution in [-0.4, -0.2) is 35.5 Å². The lowest BCUT2D eigenvalue weighted by Gasteiger charge is -2.36. The van der Waals surface area contributed by atoms with Gasteiger partial charge in [0.15, 0.2) is 0 Å². The zero-order valence-electron chi connectivity index (χ0n) is 12.5. The highest BCUT2D eigenvalue weighted by molar-refractivity contribution is 7.47. The predicted molar refractivity (Wildman–Crippen MR) is 80.4 cm³/mol. The van der Waals surface area contributed by atoms with Crippen molar-refractivity contribution in [3.05, 3.63) is 11.8 Å². The molecule has 0 aromatic rings. The lowest BCUT2D eigenvalue weighted by Crippen LogP contribution is -2.29. The van der Waals surface area contributed by atoms with Crippen LogP contribution in [0.2, 0.25) is 0 Å². The highest BCUT2D eigenvalue weighted by Gasteiger charge is 2.25. The van der Waals surface area contributed by atoms with Crippen molar-refractivity contribution in [2.45, 2.75) is 53.4 Å². The zero-order valence-corrected chi connectivity index (χ0v) is 13.4. The van der Waals surface area contributed by atoms with E-state index < -0.39 is 8.45 Å². The molecule has 0 saturated heterocycles. The summed E-state index contributed by atoms with van der Waals surface area (Å²) in [6, 6.07) is 0. The molecular formula is C14H29N2OP. The van der Waals surface area contributed by atoms with E-state index in [-0.39, 0.29) is 0 Å². The Labute approximate surface area is 114 Å². The Morgan fingerprint density at radius 1 is 1.00 bits per heavy atom. The quantitative estimate of drug-likeness (QED) is 0.610. The molecule has 0 heterocycles. The van der Waals surface area contributed by atoms with Gasteiger partial charge in [-0.3, -0.25) is 0 Å². The summed E-state index contributed by atoms with van der Waals surface area (Å²) >= 11 is 0. The number of hydrogen-bond acceptors (Lipinski definition) is 3. The molecule has 3 nitrogen and oxygen atoms in total. The summed E-state index contributed by atoms with van der Waals surface area (Å²) in [4.78, 5) is 0. The van der Waals surface area contributed by atoms with Crippen LogP contribution in [0.3, 0.4) is 0 Å². The Morgan fingerprint density at radius 2 is 1.56 bits per heavy atom. The van der Waals surface area contributed by atoms with Crippen LogP contribution in [0.25, 0.3) is 0 Å². The number of rotatable bonds is 8. The van der Waals surface area contributed by atoms with E-state index in [9.17, 15) is 0 Å². The van der Waals surface area contributed by atoms with Crippen molar-refractivity contribution in [3.63, 3.8) is 0 Å². The minimum Gasteiger partial charge on any atom is -0.449 e. The van der Waals surface area contributed by atoms with Crippen molar-refractivity contribution in [2.75, 3.05) is 26.2 Å². The molecule has 0 spiro atoms. The molecule has 0 aromatic carbocycles. The van der Waals surface area contributed by atoms with Crippen molar-refractivity contribution in [2.24, 2.45) is 0 Å². The van der Waals surface area contributed by atoms with E-state index in [1.807, 2.05) is 0 Å². The van der Waals surface area contributed by atoms with Gasteiger partial charge in [0.2, 0.25) is 8.45 Å². The maximum atomic E-state index is 6.36. The van der Waals surface area contributed by atoms with Crippen molar-refractivity contribution < 1.29 is 4.52 Å². The molecule has 0 saturated carbocycles. The average molecular weight is 272 g/mol. The Kier molecular flexibility index (Phi) is 7.88. The minimum atomic E-state index is -0.612. The maximum absolute atomic E-state index is 6.36. The molecule has 0 unspecified atom stereocenters. The summed E-state index contributed by atoms with van der Waals surface area (Å²) in [6.45, 7) is 13.1. The van der Waals surface area contributed by atoms with E-state index in [0.717, 1.165) is 32.6 Å². The van der Waals surface area contributed by atoms with Crippen molar-refractivity contribution >= 4 is 8.45 Å². The summed E-state index contributed by atoms with van der Waals surface area (Å²) in [5.41, 5.74) is 0. The van der Waals surface area contributed by atoms with Crippen molar-refractivity contribution in [3.8, 4) is 0 Å². The summed E-state index contributed by atoms with van der Waals surface area (Å²) < 4.78 is 11.3. The summed E-state index contributed by atoms with van der Waals surface area (Å²) in [6.07, 6.45) is 7.22. The Bertz CT molecular complexity index is 238. The van der Waals surface area contributed by atoms with Gasteiger partial charge in [0, 0.05) is 32.6 Å². The number of allylic oxidation sites excluding steroid dienone is 2. The fraction of sp³-hybridized carbons (Fsp3) is 0.857. The van der Waals surface area contributed by atoms with Crippen LogP contribution in [0, 0.1) is 0 Å². The van der Waals surface area contributed by atoms with Gasteiger partial charge in [-0.05, 0) is 25.3 Å². The third-order valence-electron chi connectivity index (χ3n) is 3.39. The molecule has 0 amide bonds. The monoisotopic (exact) mass is 272 g/mol. The van der Waals surface area contributed by atoms with Gasteiger partial charge in [-0.15, -0.1) is 0 Å². The van der Waals surface area contributed by atoms with Crippen LogP contribution >= 0.6 is 8.45 Å². The second-order valence-corrected chi connectivity index (χ2v) is 6.36. The predicted octanol–water partition coefficient (Wildman–Crippen LogP) is 4.37. The van der Waals surface area contributed by atoms with E-state index in [1.165, 1.54) is 25.0 Å². The van der Waals surface area contributed by atoms with E-state index in [2.05, 4.69) is 43.1 Å². The second-order valence-electron chi connectivity index (χ2n) is 4.54. The molecule has 0 bridgehead atoms. The van der Waals surface area contributed by atoms with Gasteiger partial charge in [-0.2, -0.15) is 0 Å². The van der Waals surface area contributed by atoms with Gasteiger partial charge in [0.05, 0.1) is 5.76 Å². The highest BCUT2D eigenvalue weighted by Crippen LogP contribution is 2.47. The lowest BCUT2D eigenvalue weighted by molar-refractivity contribution is 0.305. The SMILES string of the molecule is CCN(CC)P(OC1=CCCCC1)N(CC)CC. The molecule has 0 aromatic heterocycles. The second kappa shape index (κ2) is 8.90. The maximum Gasteiger partial charge on any atom is 0.247 e.